The maximum atomic E-state index is 11.5. The van der Waals surface area contributed by atoms with Gasteiger partial charge in [0.15, 0.2) is 5.16 Å². The van der Waals surface area contributed by atoms with Crippen molar-refractivity contribution in [3.8, 4) is 5.75 Å². The van der Waals surface area contributed by atoms with Crippen LogP contribution in [0.1, 0.15) is 13.8 Å². The first-order chi connectivity index (χ1) is 9.98. The third-order valence-corrected chi connectivity index (χ3v) is 4.52. The first-order valence-corrected chi connectivity index (χ1v) is 7.71. The highest BCUT2D eigenvalue weighted by molar-refractivity contribution is 7.99. The van der Waals surface area contributed by atoms with Crippen LogP contribution in [0.4, 0.5) is 0 Å². The first-order valence-electron chi connectivity index (χ1n) is 6.72. The van der Waals surface area contributed by atoms with E-state index >= 15 is 0 Å². The van der Waals surface area contributed by atoms with E-state index in [-0.39, 0.29) is 5.91 Å². The highest BCUT2D eigenvalue weighted by Crippen LogP contribution is 2.25. The molecule has 2 rings (SSSR count). The van der Waals surface area contributed by atoms with Crippen LogP contribution in [0.25, 0.3) is 11.0 Å². The quantitative estimate of drug-likeness (QED) is 0.674. The average Bonchev–Trinajstić information content (AvgIpc) is 2.87. The number of carbonyl (C=O) groups excluding carboxylic acids is 1. The Morgan fingerprint density at radius 2 is 2.33 bits per heavy atom. The zero-order valence-electron chi connectivity index (χ0n) is 12.4. The molecule has 0 saturated heterocycles. The molecular formula is C14H20N4O2S. The second-order valence-electron chi connectivity index (χ2n) is 4.89. The molecule has 1 aromatic heterocycles. The van der Waals surface area contributed by atoms with Crippen molar-refractivity contribution in [2.45, 2.75) is 24.5 Å². The van der Waals surface area contributed by atoms with Crippen molar-refractivity contribution < 1.29 is 9.53 Å². The SMILES string of the molecule is CCOc1ccc2nc(SCC(C)(NC)C(N)=O)[nH]c2c1. The number of ether oxygens (including phenoxy) is 1. The van der Waals surface area contributed by atoms with Gasteiger partial charge in [-0.3, -0.25) is 4.79 Å². The van der Waals surface area contributed by atoms with Gasteiger partial charge >= 0.3 is 0 Å². The van der Waals surface area contributed by atoms with E-state index in [0.29, 0.717) is 12.4 Å². The van der Waals surface area contributed by atoms with Crippen molar-refractivity contribution in [3.05, 3.63) is 18.2 Å². The van der Waals surface area contributed by atoms with Crippen LogP contribution in [-0.4, -0.2) is 40.8 Å². The van der Waals surface area contributed by atoms with E-state index in [1.54, 1.807) is 14.0 Å². The number of nitrogens with zero attached hydrogens (tertiary/aromatic N) is 1. The number of rotatable bonds is 7. The van der Waals surface area contributed by atoms with Crippen LogP contribution in [0.3, 0.4) is 0 Å². The van der Waals surface area contributed by atoms with Gasteiger partial charge in [0.2, 0.25) is 5.91 Å². The van der Waals surface area contributed by atoms with Crippen LogP contribution in [-0.2, 0) is 4.79 Å². The van der Waals surface area contributed by atoms with Gasteiger partial charge in [-0.2, -0.15) is 0 Å². The first kappa shape index (κ1) is 15.7. The third kappa shape index (κ3) is 3.48. The smallest absolute Gasteiger partial charge is 0.238 e. The fourth-order valence-corrected chi connectivity index (χ4v) is 2.83. The minimum atomic E-state index is -0.764. The Morgan fingerprint density at radius 3 is 2.95 bits per heavy atom. The predicted molar refractivity (Wildman–Crippen MR) is 84.6 cm³/mol. The molecule has 0 aliphatic rings. The fourth-order valence-electron chi connectivity index (χ4n) is 1.77. The van der Waals surface area contributed by atoms with Crippen LogP contribution < -0.4 is 15.8 Å². The van der Waals surface area contributed by atoms with Crippen LogP contribution in [0.2, 0.25) is 0 Å². The Hall–Kier alpha value is -1.73. The van der Waals surface area contributed by atoms with E-state index in [4.69, 9.17) is 10.5 Å². The summed E-state index contributed by atoms with van der Waals surface area (Å²) in [5.41, 5.74) is 6.43. The molecule has 0 radical (unpaired) electrons. The van der Waals surface area contributed by atoms with Crippen molar-refractivity contribution >= 4 is 28.7 Å². The van der Waals surface area contributed by atoms with E-state index in [1.807, 2.05) is 25.1 Å². The summed E-state index contributed by atoms with van der Waals surface area (Å²) in [5.74, 6) is 0.923. The summed E-state index contributed by atoms with van der Waals surface area (Å²) in [4.78, 5) is 19.2. The molecule has 6 nitrogen and oxygen atoms in total. The number of hydrogen-bond acceptors (Lipinski definition) is 5. The molecule has 0 aliphatic carbocycles. The standard InChI is InChI=1S/C14H20N4O2S/c1-4-20-9-5-6-10-11(7-9)18-13(17-10)21-8-14(2,16-3)12(15)19/h5-7,16H,4,8H2,1-3H3,(H2,15,19)(H,17,18). The molecule has 114 valence electrons. The van der Waals surface area contributed by atoms with Gasteiger partial charge in [0.25, 0.3) is 0 Å². The lowest BCUT2D eigenvalue weighted by molar-refractivity contribution is -0.122. The number of nitrogens with one attached hydrogen (secondary N) is 2. The van der Waals surface area contributed by atoms with E-state index in [2.05, 4.69) is 15.3 Å². The number of imidazole rings is 1. The molecule has 2 aromatic rings. The van der Waals surface area contributed by atoms with Gasteiger partial charge in [-0.1, -0.05) is 11.8 Å². The second-order valence-corrected chi connectivity index (χ2v) is 5.85. The van der Waals surface area contributed by atoms with E-state index in [1.165, 1.54) is 11.8 Å². The van der Waals surface area contributed by atoms with Crippen LogP contribution in [0.5, 0.6) is 5.75 Å². The molecule has 0 bridgehead atoms. The molecule has 7 heteroatoms. The zero-order valence-corrected chi connectivity index (χ0v) is 13.2. The van der Waals surface area contributed by atoms with Crippen molar-refractivity contribution in [2.24, 2.45) is 5.73 Å². The summed E-state index contributed by atoms with van der Waals surface area (Å²) < 4.78 is 5.46. The maximum absolute atomic E-state index is 11.5. The molecule has 1 unspecified atom stereocenters. The summed E-state index contributed by atoms with van der Waals surface area (Å²) >= 11 is 1.45. The Balaban J connectivity index is 2.14. The molecule has 0 fully saturated rings. The number of aromatic nitrogens is 2. The molecule has 1 heterocycles. The van der Waals surface area contributed by atoms with Crippen LogP contribution in [0.15, 0.2) is 23.4 Å². The summed E-state index contributed by atoms with van der Waals surface area (Å²) in [6.07, 6.45) is 0. The van der Waals surface area contributed by atoms with E-state index < -0.39 is 5.54 Å². The molecule has 1 amide bonds. The third-order valence-electron chi connectivity index (χ3n) is 3.34. The number of likely N-dealkylation sites (N-methyl/N-ethyl adjacent to an activating group) is 1. The van der Waals surface area contributed by atoms with Gasteiger partial charge in [-0.05, 0) is 33.0 Å². The van der Waals surface area contributed by atoms with Gasteiger partial charge in [-0.15, -0.1) is 0 Å². The molecule has 1 aromatic carbocycles. The van der Waals surface area contributed by atoms with Gasteiger partial charge < -0.3 is 20.8 Å². The predicted octanol–water partition coefficient (Wildman–Crippen LogP) is 1.52. The van der Waals surface area contributed by atoms with Gasteiger partial charge in [-0.25, -0.2) is 4.98 Å². The van der Waals surface area contributed by atoms with E-state index in [0.717, 1.165) is 21.9 Å². The van der Waals surface area contributed by atoms with Crippen molar-refractivity contribution in [1.29, 1.82) is 0 Å². The van der Waals surface area contributed by atoms with Crippen LogP contribution >= 0.6 is 11.8 Å². The summed E-state index contributed by atoms with van der Waals surface area (Å²) in [6, 6.07) is 5.72. The lowest BCUT2D eigenvalue weighted by Crippen LogP contribution is -2.53. The molecule has 0 spiro atoms. The molecule has 1 atom stereocenters. The Morgan fingerprint density at radius 1 is 1.57 bits per heavy atom. The van der Waals surface area contributed by atoms with Gasteiger partial charge in [0.1, 0.15) is 11.3 Å². The number of H-pyrrole nitrogens is 1. The van der Waals surface area contributed by atoms with Crippen molar-refractivity contribution in [1.82, 2.24) is 15.3 Å². The average molecular weight is 308 g/mol. The van der Waals surface area contributed by atoms with Gasteiger partial charge in [0.05, 0.1) is 17.6 Å². The molecule has 0 aliphatic heterocycles. The highest BCUT2D eigenvalue weighted by atomic mass is 32.2. The normalized spacial score (nSPS) is 14.0. The lowest BCUT2D eigenvalue weighted by atomic mass is 10.1. The zero-order chi connectivity index (χ0) is 15.5. The number of thioether (sulfide) groups is 1. The van der Waals surface area contributed by atoms with Crippen molar-refractivity contribution in [2.75, 3.05) is 19.4 Å². The maximum Gasteiger partial charge on any atom is 0.238 e. The number of carbonyl (C=O) groups is 1. The Bertz CT molecular complexity index is 643. The lowest BCUT2D eigenvalue weighted by Gasteiger charge is -2.24. The monoisotopic (exact) mass is 308 g/mol. The van der Waals surface area contributed by atoms with E-state index in [9.17, 15) is 4.79 Å². The van der Waals surface area contributed by atoms with Crippen LogP contribution in [0, 0.1) is 0 Å². The second kappa shape index (κ2) is 6.36. The molecule has 0 saturated carbocycles. The number of primary amides is 1. The molecular weight excluding hydrogens is 288 g/mol. The fraction of sp³-hybridized carbons (Fsp3) is 0.429. The van der Waals surface area contributed by atoms with Crippen molar-refractivity contribution in [3.63, 3.8) is 0 Å². The summed E-state index contributed by atoms with van der Waals surface area (Å²) in [5, 5.41) is 3.70. The minimum absolute atomic E-state index is 0.382. The number of aromatic amines is 1. The number of amides is 1. The van der Waals surface area contributed by atoms with Gasteiger partial charge in [0, 0.05) is 11.8 Å². The number of nitrogens with two attached hydrogens (primary N) is 1. The highest BCUT2D eigenvalue weighted by Gasteiger charge is 2.29. The number of fused-ring (bicyclic) bond motifs is 1. The Labute approximate surface area is 127 Å². The number of hydrogen-bond donors (Lipinski definition) is 3. The summed E-state index contributed by atoms with van der Waals surface area (Å²) in [7, 11) is 1.72. The topological polar surface area (TPSA) is 93.0 Å². The number of benzene rings is 1. The minimum Gasteiger partial charge on any atom is -0.494 e. The Kier molecular flexibility index (Phi) is 4.74. The molecule has 21 heavy (non-hydrogen) atoms. The largest absolute Gasteiger partial charge is 0.494 e. The summed E-state index contributed by atoms with van der Waals surface area (Å²) in [6.45, 7) is 4.35. The molecule has 4 N–H and O–H groups in total.